The van der Waals surface area contributed by atoms with E-state index in [9.17, 15) is 0 Å². The molecule has 4 heterocycles. The lowest BCUT2D eigenvalue weighted by Gasteiger charge is -2.50. The molecule has 88 heavy (non-hydrogen) atoms. The fourth-order valence-corrected chi connectivity index (χ4v) is 20.1. The Morgan fingerprint density at radius 2 is 0.830 bits per heavy atom. The third-order valence-electron chi connectivity index (χ3n) is 25.7. The molecule has 5 aliphatic carbocycles. The molecule has 9 aromatic rings. The van der Waals surface area contributed by atoms with Gasteiger partial charge in [0.2, 0.25) is 0 Å². The van der Waals surface area contributed by atoms with E-state index in [1.165, 1.54) is 130 Å². The predicted molar refractivity (Wildman–Crippen MR) is 376 cm³/mol. The number of hydrogen-bond donors (Lipinski definition) is 0. The maximum atomic E-state index is 2.99. The van der Waals surface area contributed by atoms with E-state index in [1.54, 1.807) is 38.6 Å². The second kappa shape index (κ2) is 16.7. The highest BCUT2D eigenvalue weighted by Crippen LogP contribution is 2.67. The third-order valence-corrected chi connectivity index (χ3v) is 25.7. The molecule has 0 saturated carbocycles. The summed E-state index contributed by atoms with van der Waals surface area (Å²) in [5.41, 5.74) is 36.9. The molecular weight excluding hydrogens is 1060 g/mol. The van der Waals surface area contributed by atoms with E-state index < -0.39 is 5.41 Å². The van der Waals surface area contributed by atoms with Crippen molar-refractivity contribution in [1.29, 1.82) is 0 Å². The minimum Gasteiger partial charge on any atom is -0.311 e. The summed E-state index contributed by atoms with van der Waals surface area (Å²) in [6, 6.07) is 51.2. The first-order valence-corrected chi connectivity index (χ1v) is 34.1. The molecule has 2 nitrogen and oxygen atoms in total. The van der Waals surface area contributed by atoms with Crippen LogP contribution in [-0.4, -0.2) is 11.3 Å². The third kappa shape index (κ3) is 6.78. The number of aromatic nitrogens is 1. The Labute approximate surface area is 527 Å². The molecule has 1 aromatic heterocycles. The molecule has 0 bridgehead atoms. The Bertz CT molecular complexity index is 4620. The molecular formula is C85H93BN2. The van der Waals surface area contributed by atoms with E-state index in [2.05, 4.69) is 262 Å². The van der Waals surface area contributed by atoms with Crippen molar-refractivity contribution in [2.24, 2.45) is 0 Å². The van der Waals surface area contributed by atoms with Crippen molar-refractivity contribution >= 4 is 62.0 Å². The lowest BCUT2D eigenvalue weighted by molar-refractivity contribution is 0.332. The van der Waals surface area contributed by atoms with Gasteiger partial charge in [-0.15, -0.1) is 0 Å². The number of hydrogen-bond acceptors (Lipinski definition) is 1. The van der Waals surface area contributed by atoms with Crippen molar-refractivity contribution in [2.75, 3.05) is 4.90 Å². The Morgan fingerprint density at radius 1 is 0.364 bits per heavy atom. The summed E-state index contributed by atoms with van der Waals surface area (Å²) in [6.45, 7) is 48.1. The van der Waals surface area contributed by atoms with Crippen LogP contribution in [0.5, 0.6) is 0 Å². The standard InChI is InChI=1S/C85H93BN2/c1-76(2,3)49-30-28-48(29-31-49)53-43-62-74-71-72(53)87(50-32-33-56-57(42-50)78(6,7)35-34-77(56,4)5)66-47-59-58(79(8,9)36-37-80(59,10)11)45-64(66)86(71)65-46-61-70(84(18,19)41-39-82(61,14)15)68-67-69-60(81(12,13)38-40-83(69,16)17)44-63(73(67)88(74)75(65)68)85(62)54-26-22-20-24-51(54)52-25-21-23-27-55(52)85/h20-33,42-47H,34-41H2,1-19H3. The molecule has 3 heteroatoms. The van der Waals surface area contributed by atoms with Crippen LogP contribution in [-0.2, 0) is 54.1 Å². The smallest absolute Gasteiger partial charge is 0.252 e. The average molecular weight is 1150 g/mol. The van der Waals surface area contributed by atoms with Crippen LogP contribution in [0, 0.1) is 0 Å². The van der Waals surface area contributed by atoms with Gasteiger partial charge in [-0.2, -0.15) is 0 Å². The zero-order valence-electron chi connectivity index (χ0n) is 56.7. The maximum Gasteiger partial charge on any atom is 0.252 e. The first-order valence-electron chi connectivity index (χ1n) is 34.1. The van der Waals surface area contributed by atoms with E-state index in [-0.39, 0.29) is 55.4 Å². The van der Waals surface area contributed by atoms with Crippen molar-refractivity contribution in [2.45, 2.75) is 237 Å². The van der Waals surface area contributed by atoms with E-state index >= 15 is 0 Å². The number of fused-ring (bicyclic) bond motifs is 17. The lowest BCUT2D eigenvalue weighted by atomic mass is 9.32. The average Bonchev–Trinajstić information content (AvgIpc) is 1.40. The molecule has 3 aliphatic heterocycles. The predicted octanol–water partition coefficient (Wildman–Crippen LogP) is 20.4. The van der Waals surface area contributed by atoms with Gasteiger partial charge in [0.1, 0.15) is 0 Å². The number of benzene rings is 8. The molecule has 0 atom stereocenters. The van der Waals surface area contributed by atoms with Crippen LogP contribution in [0.4, 0.5) is 17.1 Å². The summed E-state index contributed by atoms with van der Waals surface area (Å²) in [5.74, 6) is 0. The highest BCUT2D eigenvalue weighted by atomic mass is 15.2. The first-order chi connectivity index (χ1) is 41.2. The minimum absolute atomic E-state index is 0.00300. The van der Waals surface area contributed by atoms with Crippen LogP contribution in [0.2, 0.25) is 0 Å². The van der Waals surface area contributed by atoms with E-state index in [1.807, 2.05) is 0 Å². The second-order valence-electron chi connectivity index (χ2n) is 35.8. The van der Waals surface area contributed by atoms with Gasteiger partial charge in [-0.3, -0.25) is 0 Å². The van der Waals surface area contributed by atoms with Gasteiger partial charge >= 0.3 is 0 Å². The highest BCUT2D eigenvalue weighted by Gasteiger charge is 2.59. The van der Waals surface area contributed by atoms with E-state index in [0.717, 1.165) is 38.5 Å². The monoisotopic (exact) mass is 1150 g/mol. The van der Waals surface area contributed by atoms with Crippen molar-refractivity contribution in [1.82, 2.24) is 4.57 Å². The van der Waals surface area contributed by atoms with Crippen LogP contribution in [0.3, 0.4) is 0 Å². The number of nitrogens with zero attached hydrogens (tertiary/aromatic N) is 2. The van der Waals surface area contributed by atoms with Crippen LogP contribution < -0.4 is 21.3 Å². The Hall–Kier alpha value is -6.58. The Balaban J connectivity index is 1.17. The summed E-state index contributed by atoms with van der Waals surface area (Å²) < 4.78 is 2.99. The number of anilines is 3. The zero-order chi connectivity index (χ0) is 61.7. The van der Waals surface area contributed by atoms with Gasteiger partial charge in [-0.05, 0) is 230 Å². The van der Waals surface area contributed by atoms with Crippen molar-refractivity contribution in [3.05, 3.63) is 194 Å². The molecule has 0 saturated heterocycles. The molecule has 17 rings (SSSR count). The molecule has 8 aliphatic rings. The molecule has 0 unspecified atom stereocenters. The van der Waals surface area contributed by atoms with Crippen molar-refractivity contribution < 1.29 is 0 Å². The molecule has 0 fully saturated rings. The molecule has 0 radical (unpaired) electrons. The van der Waals surface area contributed by atoms with E-state index in [4.69, 9.17) is 0 Å². The van der Waals surface area contributed by atoms with Crippen LogP contribution >= 0.6 is 0 Å². The second-order valence-corrected chi connectivity index (χ2v) is 35.8. The van der Waals surface area contributed by atoms with Crippen LogP contribution in [0.1, 0.15) is 255 Å². The lowest BCUT2D eigenvalue weighted by Crippen LogP contribution is -2.62. The Kier molecular flexibility index (Phi) is 10.5. The van der Waals surface area contributed by atoms with Crippen LogP contribution in [0.25, 0.3) is 49.7 Å². The molecule has 0 amide bonds. The summed E-state index contributed by atoms with van der Waals surface area (Å²) in [6.07, 6.45) is 9.30. The highest BCUT2D eigenvalue weighted by molar-refractivity contribution is 7.00. The normalized spacial score (nSPS) is 21.8. The fourth-order valence-electron chi connectivity index (χ4n) is 20.1. The van der Waals surface area contributed by atoms with Crippen molar-refractivity contribution in [3.8, 4) is 27.9 Å². The number of rotatable bonds is 2. The summed E-state index contributed by atoms with van der Waals surface area (Å²) >= 11 is 0. The van der Waals surface area contributed by atoms with Gasteiger partial charge in [0.15, 0.2) is 0 Å². The van der Waals surface area contributed by atoms with Gasteiger partial charge in [0, 0.05) is 38.9 Å². The minimum atomic E-state index is -0.641. The van der Waals surface area contributed by atoms with E-state index in [0.29, 0.717) is 0 Å². The molecule has 8 aromatic carbocycles. The zero-order valence-corrected chi connectivity index (χ0v) is 56.7. The van der Waals surface area contributed by atoms with Gasteiger partial charge in [-0.1, -0.05) is 229 Å². The van der Waals surface area contributed by atoms with Gasteiger partial charge in [0.05, 0.1) is 16.6 Å². The van der Waals surface area contributed by atoms with Crippen molar-refractivity contribution in [3.63, 3.8) is 0 Å². The molecule has 0 N–H and O–H groups in total. The van der Waals surface area contributed by atoms with Gasteiger partial charge in [0.25, 0.3) is 6.71 Å². The Morgan fingerprint density at radius 3 is 1.39 bits per heavy atom. The SMILES string of the molecule is CC(C)(C)c1ccc(-c2cc3c4c5c2N(c2ccc6c(c2)C(C)(C)CCC6(C)C)c2cc6c(cc2B5c2cc5c(c7c8c9c(cc(c8n-4c27)C32c3ccccc3-c3ccccc32)C(C)(C)CCC9(C)C)C(C)(C)CCC5(C)C)C(C)(C)CCC6(C)C)cc1. The topological polar surface area (TPSA) is 8.17 Å². The first kappa shape index (κ1) is 55.5. The summed E-state index contributed by atoms with van der Waals surface area (Å²) in [5, 5.41) is 3.11. The quantitative estimate of drug-likeness (QED) is 0.157. The molecule has 1 spiro atoms. The van der Waals surface area contributed by atoms with Crippen LogP contribution in [0.15, 0.2) is 121 Å². The largest absolute Gasteiger partial charge is 0.311 e. The molecule has 446 valence electrons. The maximum absolute atomic E-state index is 2.99. The van der Waals surface area contributed by atoms with Gasteiger partial charge in [-0.25, -0.2) is 0 Å². The van der Waals surface area contributed by atoms with Gasteiger partial charge < -0.3 is 9.47 Å². The summed E-state index contributed by atoms with van der Waals surface area (Å²) in [7, 11) is 0. The fraction of sp³-hybridized carbons (Fsp3) is 0.435. The summed E-state index contributed by atoms with van der Waals surface area (Å²) in [4.78, 5) is 2.87.